The third-order valence-electron chi connectivity index (χ3n) is 3.99. The Labute approximate surface area is 165 Å². The molecule has 0 radical (unpaired) electrons. The van der Waals surface area contributed by atoms with Crippen LogP contribution in [-0.2, 0) is 14.4 Å². The predicted octanol–water partition coefficient (Wildman–Crippen LogP) is 2.33. The van der Waals surface area contributed by atoms with E-state index in [-0.39, 0.29) is 25.0 Å². The number of ether oxygens (including phenoxy) is 1. The molecule has 0 heterocycles. The molecule has 1 aliphatic rings. The number of benzene rings is 1. The molecule has 1 aliphatic carbocycles. The maximum Gasteiger partial charge on any atom is 0.276 e. The molecule has 26 heavy (non-hydrogen) atoms. The molecule has 3 amide bonds. The number of hydrogen-bond acceptors (Lipinski definition) is 4. The van der Waals surface area contributed by atoms with Gasteiger partial charge >= 0.3 is 0 Å². The summed E-state index contributed by atoms with van der Waals surface area (Å²) < 4.78 is 5.94. The molecule has 0 saturated heterocycles. The summed E-state index contributed by atoms with van der Waals surface area (Å²) in [5.41, 5.74) is 4.47. The molecule has 1 aromatic rings. The van der Waals surface area contributed by atoms with Gasteiger partial charge in [-0.25, -0.2) is 0 Å². The normalized spacial score (nSPS) is 14.4. The summed E-state index contributed by atoms with van der Waals surface area (Å²) in [6.07, 6.45) is 4.97. The minimum atomic E-state index is -0.529. The predicted molar refractivity (Wildman–Crippen MR) is 101 cm³/mol. The molecule has 0 aliphatic heterocycles. The molecule has 1 fully saturated rings. The Kier molecular flexibility index (Phi) is 8.18. The van der Waals surface area contributed by atoms with Gasteiger partial charge in [0.1, 0.15) is 5.75 Å². The van der Waals surface area contributed by atoms with Crippen molar-refractivity contribution in [3.8, 4) is 5.75 Å². The van der Waals surface area contributed by atoms with Crippen LogP contribution in [0.15, 0.2) is 22.7 Å². The Hall–Kier alpha value is -1.80. The number of carbonyl (C=O) groups excluding carboxylic acids is 3. The van der Waals surface area contributed by atoms with Crippen LogP contribution in [0.3, 0.4) is 0 Å². The third kappa shape index (κ3) is 6.84. The van der Waals surface area contributed by atoms with Crippen molar-refractivity contribution in [1.82, 2.24) is 16.2 Å². The molecule has 0 aromatic heterocycles. The topological polar surface area (TPSA) is 96.5 Å². The number of hydrazine groups is 1. The molecular weight excluding hydrogens is 426 g/mol. The van der Waals surface area contributed by atoms with Crippen LogP contribution in [-0.4, -0.2) is 30.9 Å². The van der Waals surface area contributed by atoms with Gasteiger partial charge in [0, 0.05) is 10.9 Å². The molecular formula is C17H21BrClN3O4. The lowest BCUT2D eigenvalue weighted by molar-refractivity contribution is -0.131. The second-order valence-corrected chi connectivity index (χ2v) is 7.30. The summed E-state index contributed by atoms with van der Waals surface area (Å²) in [6.45, 7) is -0.464. The van der Waals surface area contributed by atoms with Crippen molar-refractivity contribution < 1.29 is 19.1 Å². The van der Waals surface area contributed by atoms with Crippen molar-refractivity contribution in [3.05, 3.63) is 27.7 Å². The standard InChI is InChI=1S/C17H21BrClN3O4/c18-13-8-12(19)6-7-14(13)26-10-16(24)22-21-15(23)9-20-17(25)11-4-2-1-3-5-11/h6-8,11H,1-5,9-10H2,(H,20,25)(H,21,23)(H,22,24). The fraction of sp³-hybridized carbons (Fsp3) is 0.471. The van der Waals surface area contributed by atoms with Crippen molar-refractivity contribution in [2.45, 2.75) is 32.1 Å². The fourth-order valence-corrected chi connectivity index (χ4v) is 3.43. The maximum absolute atomic E-state index is 11.9. The highest BCUT2D eigenvalue weighted by molar-refractivity contribution is 9.10. The summed E-state index contributed by atoms with van der Waals surface area (Å²) in [5, 5.41) is 3.13. The summed E-state index contributed by atoms with van der Waals surface area (Å²) in [6, 6.07) is 4.90. The van der Waals surface area contributed by atoms with Crippen LogP contribution in [0.1, 0.15) is 32.1 Å². The third-order valence-corrected chi connectivity index (χ3v) is 4.85. The number of carbonyl (C=O) groups is 3. The molecule has 7 nitrogen and oxygen atoms in total. The lowest BCUT2D eigenvalue weighted by atomic mass is 9.89. The van der Waals surface area contributed by atoms with Crippen LogP contribution in [0.5, 0.6) is 5.75 Å². The van der Waals surface area contributed by atoms with Crippen molar-refractivity contribution in [2.75, 3.05) is 13.2 Å². The van der Waals surface area contributed by atoms with Gasteiger partial charge in [-0.2, -0.15) is 0 Å². The van der Waals surface area contributed by atoms with Crippen molar-refractivity contribution in [1.29, 1.82) is 0 Å². The first kappa shape index (κ1) is 20.5. The lowest BCUT2D eigenvalue weighted by Crippen LogP contribution is -2.48. The van der Waals surface area contributed by atoms with Gasteiger partial charge in [-0.3, -0.25) is 25.2 Å². The van der Waals surface area contributed by atoms with Crippen LogP contribution < -0.4 is 20.9 Å². The summed E-state index contributed by atoms with van der Waals surface area (Å²) in [5.74, 6) is -0.705. The van der Waals surface area contributed by atoms with Crippen molar-refractivity contribution in [3.63, 3.8) is 0 Å². The Morgan fingerprint density at radius 1 is 1.12 bits per heavy atom. The largest absolute Gasteiger partial charge is 0.483 e. The SMILES string of the molecule is O=C(CNC(=O)C1CCCCC1)NNC(=O)COc1ccc(Cl)cc1Br. The minimum Gasteiger partial charge on any atom is -0.483 e. The smallest absolute Gasteiger partial charge is 0.276 e. The summed E-state index contributed by atoms with van der Waals surface area (Å²) in [7, 11) is 0. The first-order valence-corrected chi connectivity index (χ1v) is 9.56. The Balaban J connectivity index is 1.63. The van der Waals surface area contributed by atoms with E-state index in [1.54, 1.807) is 18.2 Å². The Morgan fingerprint density at radius 3 is 2.50 bits per heavy atom. The highest BCUT2D eigenvalue weighted by Gasteiger charge is 2.21. The highest BCUT2D eigenvalue weighted by Crippen LogP contribution is 2.27. The average molecular weight is 447 g/mol. The van der Waals surface area contributed by atoms with Crippen LogP contribution in [0, 0.1) is 5.92 Å². The number of rotatable bonds is 6. The van der Waals surface area contributed by atoms with Gasteiger partial charge in [0.2, 0.25) is 5.91 Å². The van der Waals surface area contributed by atoms with Gasteiger partial charge in [0.25, 0.3) is 11.8 Å². The van der Waals surface area contributed by atoms with E-state index in [4.69, 9.17) is 16.3 Å². The summed E-state index contributed by atoms with van der Waals surface area (Å²) >= 11 is 9.10. The van der Waals surface area contributed by atoms with Crippen LogP contribution in [0.2, 0.25) is 5.02 Å². The molecule has 142 valence electrons. The van der Waals surface area contributed by atoms with E-state index in [9.17, 15) is 14.4 Å². The molecule has 0 unspecified atom stereocenters. The van der Waals surface area contributed by atoms with Gasteiger partial charge in [0.05, 0.1) is 11.0 Å². The van der Waals surface area contributed by atoms with E-state index in [1.807, 2.05) is 0 Å². The molecule has 0 spiro atoms. The van der Waals surface area contributed by atoms with Crippen LogP contribution in [0.25, 0.3) is 0 Å². The zero-order valence-corrected chi connectivity index (χ0v) is 16.5. The van der Waals surface area contributed by atoms with E-state index >= 15 is 0 Å². The van der Waals surface area contributed by atoms with Gasteiger partial charge in [-0.1, -0.05) is 30.9 Å². The van der Waals surface area contributed by atoms with Gasteiger partial charge < -0.3 is 10.1 Å². The van der Waals surface area contributed by atoms with Crippen LogP contribution in [0.4, 0.5) is 0 Å². The van der Waals surface area contributed by atoms with Crippen molar-refractivity contribution in [2.24, 2.45) is 5.92 Å². The van der Waals surface area contributed by atoms with E-state index in [1.165, 1.54) is 0 Å². The number of halogens is 2. The van der Waals surface area contributed by atoms with Crippen molar-refractivity contribution >= 4 is 45.3 Å². The first-order valence-electron chi connectivity index (χ1n) is 8.39. The molecule has 0 atom stereocenters. The first-order chi connectivity index (χ1) is 12.5. The Morgan fingerprint density at radius 2 is 1.81 bits per heavy atom. The fourth-order valence-electron chi connectivity index (χ4n) is 2.63. The number of amides is 3. The maximum atomic E-state index is 11.9. The van der Waals surface area contributed by atoms with Gasteiger partial charge in [-0.05, 0) is 47.0 Å². The summed E-state index contributed by atoms with van der Waals surface area (Å²) in [4.78, 5) is 35.3. The molecule has 3 N–H and O–H groups in total. The molecule has 0 bridgehead atoms. The zero-order chi connectivity index (χ0) is 18.9. The average Bonchev–Trinajstić information content (AvgIpc) is 2.64. The van der Waals surface area contributed by atoms with E-state index in [0.29, 0.717) is 15.2 Å². The quantitative estimate of drug-likeness (QED) is 0.584. The second-order valence-electron chi connectivity index (χ2n) is 6.01. The van der Waals surface area contributed by atoms with Gasteiger partial charge in [0.15, 0.2) is 6.61 Å². The van der Waals surface area contributed by atoms with E-state index in [2.05, 4.69) is 32.1 Å². The van der Waals surface area contributed by atoms with E-state index < -0.39 is 11.8 Å². The van der Waals surface area contributed by atoms with Gasteiger partial charge in [-0.15, -0.1) is 0 Å². The number of nitrogens with one attached hydrogen (secondary N) is 3. The Bertz CT molecular complexity index is 665. The minimum absolute atomic E-state index is 0.0163. The van der Waals surface area contributed by atoms with E-state index in [0.717, 1.165) is 32.1 Å². The number of hydrogen-bond donors (Lipinski definition) is 3. The molecule has 1 aromatic carbocycles. The monoisotopic (exact) mass is 445 g/mol. The molecule has 9 heteroatoms. The highest BCUT2D eigenvalue weighted by atomic mass is 79.9. The lowest BCUT2D eigenvalue weighted by Gasteiger charge is -2.20. The molecule has 2 rings (SSSR count). The van der Waals surface area contributed by atoms with Crippen LogP contribution >= 0.6 is 27.5 Å². The second kappa shape index (κ2) is 10.4. The zero-order valence-electron chi connectivity index (χ0n) is 14.1. The molecule has 1 saturated carbocycles.